The van der Waals surface area contributed by atoms with E-state index in [0.29, 0.717) is 42.7 Å². The molecule has 2 amide bonds. The van der Waals surface area contributed by atoms with Crippen LogP contribution in [0.25, 0.3) is 0 Å². The van der Waals surface area contributed by atoms with E-state index in [0.717, 1.165) is 0 Å². The molecule has 0 atom stereocenters. The third kappa shape index (κ3) is 5.69. The highest BCUT2D eigenvalue weighted by atomic mass is 16.6. The van der Waals surface area contributed by atoms with E-state index in [1.807, 2.05) is 39.0 Å². The molecule has 1 saturated heterocycles. The molecule has 158 valence electrons. The second kappa shape index (κ2) is 9.11. The number of rotatable bonds is 4. The summed E-state index contributed by atoms with van der Waals surface area (Å²) in [5.41, 5.74) is 1.33. The lowest BCUT2D eigenvalue weighted by Gasteiger charge is -2.32. The van der Waals surface area contributed by atoms with Crippen molar-refractivity contribution in [2.45, 2.75) is 39.2 Å². The Balaban J connectivity index is 1.52. The molecule has 30 heavy (non-hydrogen) atoms. The lowest BCUT2D eigenvalue weighted by Crippen LogP contribution is -2.43. The summed E-state index contributed by atoms with van der Waals surface area (Å²) in [5, 5.41) is 2.91. The number of piperidine rings is 1. The first-order chi connectivity index (χ1) is 14.2. The quantitative estimate of drug-likeness (QED) is 0.756. The summed E-state index contributed by atoms with van der Waals surface area (Å²) in [5.74, 6) is -0.279. The van der Waals surface area contributed by atoms with Crippen LogP contribution in [-0.4, -0.2) is 41.4 Å². The Labute approximate surface area is 177 Å². The minimum Gasteiger partial charge on any atom is -0.444 e. The molecule has 0 aromatic heterocycles. The van der Waals surface area contributed by atoms with Crippen LogP contribution in [0.5, 0.6) is 0 Å². The predicted molar refractivity (Wildman–Crippen MR) is 115 cm³/mol. The van der Waals surface area contributed by atoms with Gasteiger partial charge in [-0.1, -0.05) is 30.3 Å². The van der Waals surface area contributed by atoms with Crippen molar-refractivity contribution < 1.29 is 19.1 Å². The summed E-state index contributed by atoms with van der Waals surface area (Å²) in [6, 6.07) is 16.0. The lowest BCUT2D eigenvalue weighted by atomic mass is 9.96. The van der Waals surface area contributed by atoms with Gasteiger partial charge >= 0.3 is 6.09 Å². The average Bonchev–Trinajstić information content (AvgIpc) is 2.73. The first kappa shape index (κ1) is 21.6. The van der Waals surface area contributed by atoms with Crippen molar-refractivity contribution in [3.8, 4) is 0 Å². The molecule has 0 radical (unpaired) electrons. The number of amides is 2. The SMILES string of the molecule is CC(C)(C)OC(=O)N1CCC(C(=O)Nc2ccc(C(=O)c3ccccc3)cc2)CC1. The number of carbonyl (C=O) groups excluding carboxylic acids is 3. The predicted octanol–water partition coefficient (Wildman–Crippen LogP) is 4.50. The first-order valence-electron chi connectivity index (χ1n) is 10.2. The number of hydrogen-bond acceptors (Lipinski definition) is 4. The van der Waals surface area contributed by atoms with Gasteiger partial charge in [-0.25, -0.2) is 4.79 Å². The van der Waals surface area contributed by atoms with Crippen LogP contribution in [0.3, 0.4) is 0 Å². The van der Waals surface area contributed by atoms with Gasteiger partial charge in [-0.2, -0.15) is 0 Å². The molecule has 1 aliphatic rings. The third-order valence-corrected chi connectivity index (χ3v) is 4.97. The molecule has 0 spiro atoms. The summed E-state index contributed by atoms with van der Waals surface area (Å²) in [6.07, 6.45) is 0.853. The molecule has 0 saturated carbocycles. The molecule has 0 unspecified atom stereocenters. The van der Waals surface area contributed by atoms with Crippen molar-refractivity contribution in [2.24, 2.45) is 5.92 Å². The van der Waals surface area contributed by atoms with Crippen molar-refractivity contribution >= 4 is 23.5 Å². The molecule has 1 fully saturated rings. The van der Waals surface area contributed by atoms with Gasteiger partial charge in [-0.3, -0.25) is 9.59 Å². The van der Waals surface area contributed by atoms with E-state index in [9.17, 15) is 14.4 Å². The van der Waals surface area contributed by atoms with E-state index >= 15 is 0 Å². The van der Waals surface area contributed by atoms with Crippen LogP contribution in [-0.2, 0) is 9.53 Å². The molecular weight excluding hydrogens is 380 g/mol. The number of nitrogens with one attached hydrogen (secondary N) is 1. The number of carbonyl (C=O) groups is 3. The van der Waals surface area contributed by atoms with Crippen molar-refractivity contribution in [3.63, 3.8) is 0 Å². The van der Waals surface area contributed by atoms with E-state index in [1.54, 1.807) is 41.3 Å². The topological polar surface area (TPSA) is 75.7 Å². The van der Waals surface area contributed by atoms with Gasteiger partial charge in [0.2, 0.25) is 5.91 Å². The fourth-order valence-electron chi connectivity index (χ4n) is 3.36. The van der Waals surface area contributed by atoms with Crippen LogP contribution in [0.15, 0.2) is 54.6 Å². The normalized spacial score (nSPS) is 14.8. The van der Waals surface area contributed by atoms with Gasteiger partial charge < -0.3 is 15.0 Å². The number of nitrogens with zero attached hydrogens (tertiary/aromatic N) is 1. The summed E-state index contributed by atoms with van der Waals surface area (Å²) in [7, 11) is 0. The van der Waals surface area contributed by atoms with Gasteiger partial charge in [0.15, 0.2) is 5.78 Å². The zero-order chi connectivity index (χ0) is 21.7. The molecule has 3 rings (SSSR count). The van der Waals surface area contributed by atoms with Gasteiger partial charge in [-0.15, -0.1) is 0 Å². The number of anilines is 1. The largest absolute Gasteiger partial charge is 0.444 e. The first-order valence-corrected chi connectivity index (χ1v) is 10.2. The van der Waals surface area contributed by atoms with Gasteiger partial charge in [0.25, 0.3) is 0 Å². The Morgan fingerprint density at radius 1 is 0.900 bits per heavy atom. The Kier molecular flexibility index (Phi) is 6.55. The van der Waals surface area contributed by atoms with Crippen LogP contribution in [0.4, 0.5) is 10.5 Å². The van der Waals surface area contributed by atoms with E-state index < -0.39 is 5.60 Å². The van der Waals surface area contributed by atoms with Gasteiger partial charge in [-0.05, 0) is 57.9 Å². The van der Waals surface area contributed by atoms with Crippen LogP contribution < -0.4 is 5.32 Å². The summed E-state index contributed by atoms with van der Waals surface area (Å²) < 4.78 is 5.39. The molecule has 0 bridgehead atoms. The smallest absolute Gasteiger partial charge is 0.410 e. The zero-order valence-electron chi connectivity index (χ0n) is 17.7. The molecule has 2 aromatic rings. The number of likely N-dealkylation sites (tertiary alicyclic amines) is 1. The fraction of sp³-hybridized carbons (Fsp3) is 0.375. The highest BCUT2D eigenvalue weighted by molar-refractivity contribution is 6.09. The second-order valence-electron chi connectivity index (χ2n) is 8.50. The number of hydrogen-bond donors (Lipinski definition) is 1. The highest BCUT2D eigenvalue weighted by Gasteiger charge is 2.29. The number of benzene rings is 2. The monoisotopic (exact) mass is 408 g/mol. The fourth-order valence-corrected chi connectivity index (χ4v) is 3.36. The van der Waals surface area contributed by atoms with Gasteiger partial charge in [0.05, 0.1) is 0 Å². The molecule has 1 heterocycles. The molecule has 0 aliphatic carbocycles. The third-order valence-electron chi connectivity index (χ3n) is 4.97. The lowest BCUT2D eigenvalue weighted by molar-refractivity contribution is -0.121. The van der Waals surface area contributed by atoms with Crippen LogP contribution >= 0.6 is 0 Å². The maximum atomic E-state index is 12.6. The Morgan fingerprint density at radius 2 is 1.47 bits per heavy atom. The maximum absolute atomic E-state index is 12.6. The summed E-state index contributed by atoms with van der Waals surface area (Å²) in [4.78, 5) is 38.9. The van der Waals surface area contributed by atoms with Crippen molar-refractivity contribution in [1.29, 1.82) is 0 Å². The number of ketones is 1. The van der Waals surface area contributed by atoms with Crippen LogP contribution in [0.1, 0.15) is 49.5 Å². The van der Waals surface area contributed by atoms with Gasteiger partial charge in [0, 0.05) is 35.8 Å². The van der Waals surface area contributed by atoms with Crippen LogP contribution in [0, 0.1) is 5.92 Å². The Morgan fingerprint density at radius 3 is 2.03 bits per heavy atom. The van der Waals surface area contributed by atoms with E-state index in [1.165, 1.54) is 0 Å². The minimum absolute atomic E-state index is 0.0528. The molecular formula is C24H28N2O4. The van der Waals surface area contributed by atoms with Crippen molar-refractivity contribution in [2.75, 3.05) is 18.4 Å². The second-order valence-corrected chi connectivity index (χ2v) is 8.50. The minimum atomic E-state index is -0.528. The van der Waals surface area contributed by atoms with Gasteiger partial charge in [0.1, 0.15) is 5.60 Å². The van der Waals surface area contributed by atoms with Crippen molar-refractivity contribution in [1.82, 2.24) is 4.90 Å². The molecule has 1 N–H and O–H groups in total. The van der Waals surface area contributed by atoms with E-state index in [4.69, 9.17) is 4.74 Å². The Hall–Kier alpha value is -3.15. The number of ether oxygens (including phenoxy) is 1. The maximum Gasteiger partial charge on any atom is 0.410 e. The summed E-state index contributed by atoms with van der Waals surface area (Å²) in [6.45, 7) is 6.51. The van der Waals surface area contributed by atoms with Crippen LogP contribution in [0.2, 0.25) is 0 Å². The molecule has 6 heteroatoms. The standard InChI is InChI=1S/C24H28N2O4/c1-24(2,3)30-23(29)26-15-13-19(14-16-26)22(28)25-20-11-9-18(10-12-20)21(27)17-7-5-4-6-8-17/h4-12,19H,13-16H2,1-3H3,(H,25,28). The molecule has 1 aliphatic heterocycles. The summed E-state index contributed by atoms with van der Waals surface area (Å²) >= 11 is 0. The molecule has 6 nitrogen and oxygen atoms in total. The average molecular weight is 408 g/mol. The Bertz CT molecular complexity index is 893. The van der Waals surface area contributed by atoms with Crippen molar-refractivity contribution in [3.05, 3.63) is 65.7 Å². The van der Waals surface area contributed by atoms with E-state index in [-0.39, 0.29) is 23.7 Å². The zero-order valence-corrected chi connectivity index (χ0v) is 17.7. The highest BCUT2D eigenvalue weighted by Crippen LogP contribution is 2.22. The van der Waals surface area contributed by atoms with E-state index in [2.05, 4.69) is 5.32 Å². The molecule has 2 aromatic carbocycles.